The summed E-state index contributed by atoms with van der Waals surface area (Å²) in [5.74, 6) is -0.921. The summed E-state index contributed by atoms with van der Waals surface area (Å²) in [6.45, 7) is 0.687. The van der Waals surface area contributed by atoms with Gasteiger partial charge in [0.1, 0.15) is 0 Å². The Kier molecular flexibility index (Phi) is 5.11. The van der Waals surface area contributed by atoms with Crippen LogP contribution in [0.25, 0.3) is 0 Å². The van der Waals surface area contributed by atoms with Crippen LogP contribution in [0, 0.1) is 0 Å². The zero-order valence-electron chi connectivity index (χ0n) is 11.8. The normalized spacial score (nSPS) is 10.3. The molecule has 0 saturated carbocycles. The lowest BCUT2D eigenvalue weighted by Gasteiger charge is -2.16. The van der Waals surface area contributed by atoms with Gasteiger partial charge in [-0.1, -0.05) is 18.2 Å². The number of carboxylic acid groups (broad SMARTS) is 1. The fourth-order valence-corrected chi connectivity index (χ4v) is 2.63. The highest BCUT2D eigenvalue weighted by molar-refractivity contribution is 7.09. The van der Waals surface area contributed by atoms with Crippen LogP contribution in [0.1, 0.15) is 20.8 Å². The molecule has 0 radical (unpaired) electrons. The minimum atomic E-state index is -0.957. The van der Waals surface area contributed by atoms with Crippen LogP contribution in [0.15, 0.2) is 41.8 Å². The number of hydrogen-bond acceptors (Lipinski definition) is 3. The Morgan fingerprint density at radius 1 is 1.19 bits per heavy atom. The largest absolute Gasteiger partial charge is 0.478 e. The molecule has 1 N–H and O–H groups in total. The van der Waals surface area contributed by atoms with Crippen molar-refractivity contribution in [3.05, 3.63) is 57.8 Å². The summed E-state index contributed by atoms with van der Waals surface area (Å²) in [6, 6.07) is 10.5. The van der Waals surface area contributed by atoms with Crippen molar-refractivity contribution in [2.45, 2.75) is 12.8 Å². The van der Waals surface area contributed by atoms with Gasteiger partial charge in [-0.05, 0) is 35.6 Å². The van der Waals surface area contributed by atoms with E-state index < -0.39 is 5.97 Å². The Labute approximate surface area is 127 Å². The van der Waals surface area contributed by atoms with Crippen molar-refractivity contribution in [1.82, 2.24) is 4.90 Å². The van der Waals surface area contributed by atoms with E-state index in [4.69, 9.17) is 5.11 Å². The fourth-order valence-electron chi connectivity index (χ4n) is 1.93. The molecule has 0 unspecified atom stereocenters. The topological polar surface area (TPSA) is 57.6 Å². The average Bonchev–Trinajstić information content (AvgIpc) is 2.98. The Morgan fingerprint density at radius 2 is 1.90 bits per heavy atom. The predicted molar refractivity (Wildman–Crippen MR) is 82.8 cm³/mol. The van der Waals surface area contributed by atoms with Crippen LogP contribution in [0.5, 0.6) is 0 Å². The molecule has 21 heavy (non-hydrogen) atoms. The lowest BCUT2D eigenvalue weighted by Crippen LogP contribution is -2.30. The van der Waals surface area contributed by atoms with Crippen LogP contribution in [0.2, 0.25) is 0 Å². The first-order valence-electron chi connectivity index (χ1n) is 6.65. The highest BCUT2D eigenvalue weighted by Crippen LogP contribution is 2.10. The molecule has 0 spiro atoms. The first kappa shape index (κ1) is 15.3. The zero-order valence-corrected chi connectivity index (χ0v) is 12.6. The maximum absolute atomic E-state index is 12.1. The minimum Gasteiger partial charge on any atom is -0.478 e. The van der Waals surface area contributed by atoms with Crippen LogP contribution >= 0.6 is 11.3 Å². The summed E-state index contributed by atoms with van der Waals surface area (Å²) in [5.41, 5.74) is 1.06. The Hall–Kier alpha value is -2.14. The van der Waals surface area contributed by atoms with Gasteiger partial charge in [0.25, 0.3) is 0 Å². The Balaban J connectivity index is 1.86. The molecule has 1 aromatic heterocycles. The molecule has 0 aliphatic carbocycles. The van der Waals surface area contributed by atoms with Crippen molar-refractivity contribution in [3.63, 3.8) is 0 Å². The first-order chi connectivity index (χ1) is 10.1. The van der Waals surface area contributed by atoms with Gasteiger partial charge in [-0.15, -0.1) is 11.3 Å². The second kappa shape index (κ2) is 7.04. The lowest BCUT2D eigenvalue weighted by molar-refractivity contribution is -0.129. The molecule has 0 saturated heterocycles. The van der Waals surface area contributed by atoms with Gasteiger partial charge in [0.05, 0.1) is 12.0 Å². The van der Waals surface area contributed by atoms with Crippen molar-refractivity contribution in [2.24, 2.45) is 0 Å². The van der Waals surface area contributed by atoms with Crippen LogP contribution in [-0.4, -0.2) is 35.5 Å². The SMILES string of the molecule is CN(CCc1cccs1)C(=O)Cc1ccc(C(=O)O)cc1. The number of carbonyl (C=O) groups excluding carboxylic acids is 1. The smallest absolute Gasteiger partial charge is 0.335 e. The van der Waals surface area contributed by atoms with E-state index in [1.807, 2.05) is 11.4 Å². The molecular weight excluding hydrogens is 286 g/mol. The lowest BCUT2D eigenvalue weighted by atomic mass is 10.1. The molecule has 0 atom stereocenters. The molecule has 2 aromatic rings. The number of benzene rings is 1. The highest BCUT2D eigenvalue weighted by atomic mass is 32.1. The molecule has 4 nitrogen and oxygen atoms in total. The number of carboxylic acids is 1. The molecule has 1 aromatic carbocycles. The Bertz CT molecular complexity index is 605. The molecule has 0 fully saturated rings. The molecule has 1 amide bonds. The van der Waals surface area contributed by atoms with Crippen LogP contribution < -0.4 is 0 Å². The monoisotopic (exact) mass is 303 g/mol. The number of aromatic carboxylic acids is 1. The number of hydrogen-bond donors (Lipinski definition) is 1. The molecule has 0 bridgehead atoms. The highest BCUT2D eigenvalue weighted by Gasteiger charge is 2.10. The van der Waals surface area contributed by atoms with Crippen molar-refractivity contribution in [2.75, 3.05) is 13.6 Å². The van der Waals surface area contributed by atoms with Gasteiger partial charge in [0, 0.05) is 18.5 Å². The van der Waals surface area contributed by atoms with Crippen LogP contribution in [0.3, 0.4) is 0 Å². The molecule has 2 rings (SSSR count). The van der Waals surface area contributed by atoms with E-state index in [0.29, 0.717) is 13.0 Å². The van der Waals surface area contributed by atoms with Gasteiger partial charge in [-0.3, -0.25) is 4.79 Å². The van der Waals surface area contributed by atoms with Gasteiger partial charge in [0.15, 0.2) is 0 Å². The first-order valence-corrected chi connectivity index (χ1v) is 7.53. The van der Waals surface area contributed by atoms with E-state index in [9.17, 15) is 9.59 Å². The van der Waals surface area contributed by atoms with Gasteiger partial charge >= 0.3 is 5.97 Å². The zero-order chi connectivity index (χ0) is 15.2. The van der Waals surface area contributed by atoms with E-state index in [-0.39, 0.29) is 11.5 Å². The van der Waals surface area contributed by atoms with Gasteiger partial charge in [-0.2, -0.15) is 0 Å². The summed E-state index contributed by atoms with van der Waals surface area (Å²) in [5, 5.41) is 10.9. The molecular formula is C16H17NO3S. The van der Waals surface area contributed by atoms with Crippen molar-refractivity contribution < 1.29 is 14.7 Å². The van der Waals surface area contributed by atoms with E-state index in [1.165, 1.54) is 17.0 Å². The average molecular weight is 303 g/mol. The third-order valence-corrected chi connectivity index (χ3v) is 4.19. The van der Waals surface area contributed by atoms with Crippen molar-refractivity contribution in [3.8, 4) is 0 Å². The number of amides is 1. The standard InChI is InChI=1S/C16H17NO3S/c1-17(9-8-14-3-2-10-21-14)15(18)11-12-4-6-13(7-5-12)16(19)20/h2-7,10H,8-9,11H2,1H3,(H,19,20). The van der Waals surface area contributed by atoms with Gasteiger partial charge in [0.2, 0.25) is 5.91 Å². The van der Waals surface area contributed by atoms with Gasteiger partial charge < -0.3 is 10.0 Å². The maximum atomic E-state index is 12.1. The summed E-state index contributed by atoms with van der Waals surface area (Å²) in [7, 11) is 1.79. The fraction of sp³-hybridized carbons (Fsp3) is 0.250. The van der Waals surface area contributed by atoms with E-state index >= 15 is 0 Å². The molecule has 1 heterocycles. The summed E-state index contributed by atoms with van der Waals surface area (Å²) in [6.07, 6.45) is 1.15. The predicted octanol–water partition coefficient (Wildman–Crippen LogP) is 2.69. The number of carbonyl (C=O) groups is 2. The summed E-state index contributed by atoms with van der Waals surface area (Å²) >= 11 is 1.69. The maximum Gasteiger partial charge on any atom is 0.335 e. The van der Waals surface area contributed by atoms with E-state index in [1.54, 1.807) is 35.4 Å². The molecule has 0 aliphatic heterocycles. The molecule has 0 aliphatic rings. The van der Waals surface area contributed by atoms with Crippen LogP contribution in [-0.2, 0) is 17.6 Å². The second-order valence-electron chi connectivity index (χ2n) is 4.82. The third kappa shape index (κ3) is 4.43. The minimum absolute atomic E-state index is 0.0367. The Morgan fingerprint density at radius 3 is 2.48 bits per heavy atom. The quantitative estimate of drug-likeness (QED) is 0.892. The van der Waals surface area contributed by atoms with Gasteiger partial charge in [-0.25, -0.2) is 4.79 Å². The van der Waals surface area contributed by atoms with E-state index in [0.717, 1.165) is 12.0 Å². The summed E-state index contributed by atoms with van der Waals surface area (Å²) in [4.78, 5) is 25.8. The molecule has 110 valence electrons. The van der Waals surface area contributed by atoms with Crippen molar-refractivity contribution >= 4 is 23.2 Å². The van der Waals surface area contributed by atoms with Crippen molar-refractivity contribution in [1.29, 1.82) is 0 Å². The number of nitrogens with zero attached hydrogens (tertiary/aromatic N) is 1. The number of thiophene rings is 1. The number of likely N-dealkylation sites (N-methyl/N-ethyl adjacent to an activating group) is 1. The number of rotatable bonds is 6. The molecule has 5 heteroatoms. The second-order valence-corrected chi connectivity index (χ2v) is 5.86. The van der Waals surface area contributed by atoms with E-state index in [2.05, 4.69) is 6.07 Å². The third-order valence-electron chi connectivity index (χ3n) is 3.26. The summed E-state index contributed by atoms with van der Waals surface area (Å²) < 4.78 is 0. The van der Waals surface area contributed by atoms with Crippen LogP contribution in [0.4, 0.5) is 0 Å².